The van der Waals surface area contributed by atoms with Gasteiger partial charge in [-0.05, 0) is 60.7 Å². The number of rotatable bonds is 5. The Balaban J connectivity index is 1.72. The number of benzene rings is 2. The van der Waals surface area contributed by atoms with Crippen molar-refractivity contribution in [2.75, 3.05) is 7.11 Å². The molecule has 3 nitrogen and oxygen atoms in total. The average molecular weight is 369 g/mol. The molecule has 26 heavy (non-hydrogen) atoms. The van der Waals surface area contributed by atoms with E-state index in [4.69, 9.17) is 21.1 Å². The zero-order valence-corrected chi connectivity index (χ0v) is 15.7. The third kappa shape index (κ3) is 4.20. The molecule has 0 bridgehead atoms. The minimum atomic E-state index is -0.265. The van der Waals surface area contributed by atoms with Crippen molar-refractivity contribution in [2.24, 2.45) is 0 Å². The molecule has 0 aliphatic heterocycles. The van der Waals surface area contributed by atoms with Gasteiger partial charge in [0.25, 0.3) is 0 Å². The summed E-state index contributed by atoms with van der Waals surface area (Å²) >= 11 is 6.07. The lowest BCUT2D eigenvalue weighted by Crippen LogP contribution is -2.08. The smallest absolute Gasteiger partial charge is 0.307 e. The fourth-order valence-electron chi connectivity index (χ4n) is 3.29. The van der Waals surface area contributed by atoms with E-state index < -0.39 is 0 Å². The predicted octanol–water partition coefficient (Wildman–Crippen LogP) is 5.08. The number of hydrogen-bond donors (Lipinski definition) is 0. The second-order valence-corrected chi connectivity index (χ2v) is 6.72. The maximum atomic E-state index is 11.6. The molecule has 0 saturated carbocycles. The lowest BCUT2D eigenvalue weighted by molar-refractivity contribution is -0.140. The lowest BCUT2D eigenvalue weighted by Gasteiger charge is -2.16. The average Bonchev–Trinajstić information content (AvgIpc) is 3.03. The van der Waals surface area contributed by atoms with Crippen molar-refractivity contribution >= 4 is 17.6 Å². The topological polar surface area (TPSA) is 35.5 Å². The van der Waals surface area contributed by atoms with Crippen LogP contribution in [0.4, 0.5) is 0 Å². The molecule has 0 aromatic heterocycles. The van der Waals surface area contributed by atoms with Gasteiger partial charge in [-0.1, -0.05) is 35.7 Å². The minimum Gasteiger partial charge on any atom is -0.486 e. The van der Waals surface area contributed by atoms with Gasteiger partial charge in [-0.2, -0.15) is 0 Å². The van der Waals surface area contributed by atoms with Crippen LogP contribution in [0.1, 0.15) is 48.5 Å². The van der Waals surface area contributed by atoms with Gasteiger partial charge in [-0.3, -0.25) is 4.79 Å². The zero-order valence-electron chi connectivity index (χ0n) is 14.9. The van der Waals surface area contributed by atoms with E-state index in [-0.39, 0.29) is 24.4 Å². The fourth-order valence-corrected chi connectivity index (χ4v) is 3.48. The molecule has 1 aliphatic carbocycles. The monoisotopic (exact) mass is 368 g/mol. The molecule has 0 amide bonds. The molecule has 0 spiro atoms. The molecule has 2 aromatic rings. The molecule has 0 fully saturated rings. The Hall–Kier alpha value is -2.44. The summed E-state index contributed by atoms with van der Waals surface area (Å²) in [5, 5.41) is 0.766. The van der Waals surface area contributed by atoms with E-state index in [0.29, 0.717) is 0 Å². The number of ether oxygens (including phenoxy) is 2. The molecule has 0 radical (unpaired) electrons. The predicted molar refractivity (Wildman–Crippen MR) is 102 cm³/mol. The van der Waals surface area contributed by atoms with Crippen molar-refractivity contribution in [1.82, 2.24) is 0 Å². The van der Waals surface area contributed by atoms with E-state index in [1.807, 2.05) is 42.5 Å². The van der Waals surface area contributed by atoms with Gasteiger partial charge in [0.15, 0.2) is 0 Å². The maximum absolute atomic E-state index is 11.6. The van der Waals surface area contributed by atoms with Crippen LogP contribution < -0.4 is 4.74 Å². The van der Waals surface area contributed by atoms with Crippen LogP contribution in [-0.2, 0) is 16.0 Å². The second kappa shape index (κ2) is 8.29. The number of aryl methyl sites for hydroxylation is 1. The maximum Gasteiger partial charge on any atom is 0.307 e. The number of methoxy groups -OCH3 is 1. The van der Waals surface area contributed by atoms with Gasteiger partial charge in [-0.15, -0.1) is 5.92 Å². The highest BCUT2D eigenvalue weighted by atomic mass is 35.5. The largest absolute Gasteiger partial charge is 0.486 e. The van der Waals surface area contributed by atoms with Gasteiger partial charge in [0, 0.05) is 5.02 Å². The highest BCUT2D eigenvalue weighted by Gasteiger charge is 2.24. The first-order valence-corrected chi connectivity index (χ1v) is 9.02. The van der Waals surface area contributed by atoms with Crippen LogP contribution >= 0.6 is 11.6 Å². The summed E-state index contributed by atoms with van der Waals surface area (Å²) in [6.45, 7) is 1.77. The van der Waals surface area contributed by atoms with E-state index >= 15 is 0 Å². The summed E-state index contributed by atoms with van der Waals surface area (Å²) in [5.74, 6) is 6.33. The first kappa shape index (κ1) is 18.4. The van der Waals surface area contributed by atoms with Crippen LogP contribution in [0.15, 0.2) is 42.5 Å². The summed E-state index contributed by atoms with van der Waals surface area (Å²) in [5.41, 5.74) is 3.45. The number of carbonyl (C=O) groups is 1. The number of carbonyl (C=O) groups excluding carboxylic acids is 1. The van der Waals surface area contributed by atoms with Crippen LogP contribution in [-0.4, -0.2) is 13.1 Å². The molecule has 2 atom stereocenters. The Morgan fingerprint density at radius 3 is 2.73 bits per heavy atom. The Kier molecular flexibility index (Phi) is 5.85. The standard InChI is InChI=1S/C22H21ClO3/c1-3-4-16(14-22(24)25-2)15-5-9-19(10-6-15)26-21-12-7-17-13-18(23)8-11-20(17)21/h5-6,8-11,13,16,21H,7,12,14H2,1-2H3. The summed E-state index contributed by atoms with van der Waals surface area (Å²) in [6, 6.07) is 13.8. The van der Waals surface area contributed by atoms with Gasteiger partial charge in [0.1, 0.15) is 11.9 Å². The van der Waals surface area contributed by atoms with Gasteiger partial charge < -0.3 is 9.47 Å². The zero-order chi connectivity index (χ0) is 18.5. The summed E-state index contributed by atoms with van der Waals surface area (Å²) in [7, 11) is 1.39. The van der Waals surface area contributed by atoms with E-state index in [2.05, 4.69) is 11.8 Å². The van der Waals surface area contributed by atoms with Gasteiger partial charge in [0.2, 0.25) is 0 Å². The van der Waals surface area contributed by atoms with E-state index in [1.54, 1.807) is 6.92 Å². The molecular weight excluding hydrogens is 348 g/mol. The molecule has 2 aromatic carbocycles. The van der Waals surface area contributed by atoms with Crippen LogP contribution in [0.5, 0.6) is 5.75 Å². The fraction of sp³-hybridized carbons (Fsp3) is 0.318. The van der Waals surface area contributed by atoms with Gasteiger partial charge in [0.05, 0.1) is 19.4 Å². The number of hydrogen-bond acceptors (Lipinski definition) is 3. The van der Waals surface area contributed by atoms with Crippen molar-refractivity contribution < 1.29 is 14.3 Å². The highest BCUT2D eigenvalue weighted by molar-refractivity contribution is 6.30. The highest BCUT2D eigenvalue weighted by Crippen LogP contribution is 2.36. The molecule has 2 unspecified atom stereocenters. The van der Waals surface area contributed by atoms with Gasteiger partial charge in [-0.25, -0.2) is 0 Å². The molecular formula is C22H21ClO3. The third-order valence-corrected chi connectivity index (χ3v) is 4.84. The molecule has 4 heteroatoms. The first-order valence-electron chi connectivity index (χ1n) is 8.64. The van der Waals surface area contributed by atoms with Crippen molar-refractivity contribution in [3.05, 3.63) is 64.2 Å². The Labute approximate surface area is 159 Å². The molecule has 0 saturated heterocycles. The van der Waals surface area contributed by atoms with Crippen LogP contribution in [0.3, 0.4) is 0 Å². The summed E-state index contributed by atoms with van der Waals surface area (Å²) < 4.78 is 10.9. The van der Waals surface area contributed by atoms with Crippen molar-refractivity contribution in [3.63, 3.8) is 0 Å². The molecule has 1 aliphatic rings. The van der Waals surface area contributed by atoms with E-state index in [1.165, 1.54) is 18.2 Å². The van der Waals surface area contributed by atoms with Crippen LogP contribution in [0.25, 0.3) is 0 Å². The van der Waals surface area contributed by atoms with Crippen LogP contribution in [0.2, 0.25) is 5.02 Å². The summed E-state index contributed by atoms with van der Waals surface area (Å²) in [4.78, 5) is 11.6. The SMILES string of the molecule is CC#CC(CC(=O)OC)c1ccc(OC2CCc3cc(Cl)ccc32)cc1. The Bertz CT molecular complexity index is 846. The van der Waals surface area contributed by atoms with Crippen molar-refractivity contribution in [3.8, 4) is 17.6 Å². The summed E-state index contributed by atoms with van der Waals surface area (Å²) in [6.07, 6.45) is 2.22. The van der Waals surface area contributed by atoms with Gasteiger partial charge >= 0.3 is 5.97 Å². The Morgan fingerprint density at radius 1 is 1.27 bits per heavy atom. The molecule has 0 heterocycles. The molecule has 134 valence electrons. The number of fused-ring (bicyclic) bond motifs is 1. The molecule has 0 N–H and O–H groups in total. The third-order valence-electron chi connectivity index (χ3n) is 4.61. The van der Waals surface area contributed by atoms with E-state index in [9.17, 15) is 4.79 Å². The normalized spacial score (nSPS) is 16.2. The van der Waals surface area contributed by atoms with E-state index in [0.717, 1.165) is 29.2 Å². The first-order chi connectivity index (χ1) is 12.6. The number of halogens is 1. The Morgan fingerprint density at radius 2 is 2.04 bits per heavy atom. The lowest BCUT2D eigenvalue weighted by atomic mass is 9.96. The molecule has 3 rings (SSSR count). The number of esters is 1. The second-order valence-electron chi connectivity index (χ2n) is 6.28. The van der Waals surface area contributed by atoms with Crippen molar-refractivity contribution in [2.45, 2.75) is 38.2 Å². The minimum absolute atomic E-state index is 0.0504. The van der Waals surface area contributed by atoms with Crippen molar-refractivity contribution in [1.29, 1.82) is 0 Å². The quantitative estimate of drug-likeness (QED) is 0.545. The van der Waals surface area contributed by atoms with Crippen LogP contribution in [0, 0.1) is 11.8 Å².